The predicted molar refractivity (Wildman–Crippen MR) is 116 cm³/mol. The van der Waals surface area contributed by atoms with Gasteiger partial charge < -0.3 is 9.88 Å². The fraction of sp³-hybridized carbons (Fsp3) is 0.150. The lowest BCUT2D eigenvalue weighted by Crippen LogP contribution is -2.14. The van der Waals surface area contributed by atoms with Gasteiger partial charge in [0.25, 0.3) is 0 Å². The number of carbonyl (C=O) groups is 1. The molecule has 0 aliphatic heterocycles. The quantitative estimate of drug-likeness (QED) is 0.427. The zero-order valence-corrected chi connectivity index (χ0v) is 17.4. The molecule has 0 fully saturated rings. The van der Waals surface area contributed by atoms with Gasteiger partial charge in [0, 0.05) is 10.4 Å². The highest BCUT2D eigenvalue weighted by atomic mass is 35.5. The number of amides is 1. The molecule has 0 radical (unpaired) electrons. The van der Waals surface area contributed by atoms with Crippen molar-refractivity contribution < 1.29 is 4.79 Å². The summed E-state index contributed by atoms with van der Waals surface area (Å²) in [6, 6.07) is 15.8. The van der Waals surface area contributed by atoms with Crippen molar-refractivity contribution in [3.05, 3.63) is 70.2 Å². The van der Waals surface area contributed by atoms with E-state index in [0.29, 0.717) is 16.7 Å². The zero-order valence-electron chi connectivity index (χ0n) is 15.1. The molecule has 0 aliphatic carbocycles. The fourth-order valence-electron chi connectivity index (χ4n) is 2.79. The monoisotopic (exact) mass is 428 g/mol. The summed E-state index contributed by atoms with van der Waals surface area (Å²) in [4.78, 5) is 21.3. The number of nitrogens with one attached hydrogen (secondary N) is 1. The van der Waals surface area contributed by atoms with Crippen LogP contribution in [0.1, 0.15) is 11.3 Å². The zero-order chi connectivity index (χ0) is 19.5. The van der Waals surface area contributed by atoms with Crippen LogP contribution >= 0.6 is 34.7 Å². The van der Waals surface area contributed by atoms with Gasteiger partial charge in [0.1, 0.15) is 0 Å². The second kappa shape index (κ2) is 8.34. The van der Waals surface area contributed by atoms with Crippen molar-refractivity contribution >= 4 is 56.8 Å². The van der Waals surface area contributed by atoms with Crippen molar-refractivity contribution in [2.45, 2.75) is 18.6 Å². The molecular weight excluding hydrogens is 412 g/mol. The number of thioether (sulfide) groups is 1. The van der Waals surface area contributed by atoms with E-state index in [4.69, 9.17) is 16.6 Å². The van der Waals surface area contributed by atoms with Crippen molar-refractivity contribution in [1.82, 2.24) is 14.5 Å². The lowest BCUT2D eigenvalue weighted by atomic mass is 10.2. The first kappa shape index (κ1) is 19.0. The Labute approximate surface area is 175 Å². The van der Waals surface area contributed by atoms with Gasteiger partial charge in [0.15, 0.2) is 10.3 Å². The largest absolute Gasteiger partial charge is 0.314 e. The van der Waals surface area contributed by atoms with Gasteiger partial charge in [0.2, 0.25) is 5.91 Å². The molecule has 2 heterocycles. The molecule has 0 unspecified atom stereocenters. The molecule has 0 spiro atoms. The normalized spacial score (nSPS) is 11.1. The smallest absolute Gasteiger partial charge is 0.236 e. The van der Waals surface area contributed by atoms with Crippen LogP contribution in [0.3, 0.4) is 0 Å². The van der Waals surface area contributed by atoms with Crippen LogP contribution in [0.5, 0.6) is 0 Å². The Morgan fingerprint density at radius 3 is 2.71 bits per heavy atom. The van der Waals surface area contributed by atoms with Crippen LogP contribution in [-0.4, -0.2) is 26.2 Å². The van der Waals surface area contributed by atoms with Gasteiger partial charge in [-0.3, -0.25) is 4.79 Å². The highest BCUT2D eigenvalue weighted by Gasteiger charge is 2.14. The lowest BCUT2D eigenvalue weighted by Gasteiger charge is -2.09. The van der Waals surface area contributed by atoms with E-state index in [1.165, 1.54) is 23.1 Å². The van der Waals surface area contributed by atoms with Crippen molar-refractivity contribution in [2.24, 2.45) is 0 Å². The van der Waals surface area contributed by atoms with Crippen molar-refractivity contribution in [3.63, 3.8) is 0 Å². The SMILES string of the molecule is Cc1csc(NC(=O)CSc2nc3ccccc3n2Cc2ccc(Cl)cc2)n1. The average Bonchev–Trinajstić information content (AvgIpc) is 3.25. The molecule has 4 rings (SSSR count). The highest BCUT2D eigenvalue weighted by Crippen LogP contribution is 2.26. The number of hydrogen-bond acceptors (Lipinski definition) is 5. The molecule has 0 bridgehead atoms. The number of aromatic nitrogens is 3. The van der Waals surface area contributed by atoms with Gasteiger partial charge in [0.05, 0.1) is 29.0 Å². The van der Waals surface area contributed by atoms with Crippen molar-refractivity contribution in [3.8, 4) is 0 Å². The number of fused-ring (bicyclic) bond motifs is 1. The maximum Gasteiger partial charge on any atom is 0.236 e. The lowest BCUT2D eigenvalue weighted by molar-refractivity contribution is -0.113. The Bertz CT molecular complexity index is 1120. The Balaban J connectivity index is 1.54. The Hall–Kier alpha value is -2.35. The molecular formula is C20H17ClN4OS2. The number of anilines is 1. The third kappa shape index (κ3) is 4.38. The third-order valence-corrected chi connectivity index (χ3v) is 6.18. The van der Waals surface area contributed by atoms with Crippen LogP contribution < -0.4 is 5.32 Å². The maximum atomic E-state index is 12.3. The van der Waals surface area contributed by atoms with E-state index in [2.05, 4.69) is 14.9 Å². The number of hydrogen-bond donors (Lipinski definition) is 1. The van der Waals surface area contributed by atoms with Crippen LogP contribution in [0, 0.1) is 6.92 Å². The van der Waals surface area contributed by atoms with Crippen LogP contribution in [0.15, 0.2) is 59.1 Å². The molecule has 5 nitrogen and oxygen atoms in total. The summed E-state index contributed by atoms with van der Waals surface area (Å²) >= 11 is 8.85. The molecule has 28 heavy (non-hydrogen) atoms. The minimum absolute atomic E-state index is 0.0931. The molecule has 142 valence electrons. The van der Waals surface area contributed by atoms with Crippen LogP contribution in [0.2, 0.25) is 5.02 Å². The van der Waals surface area contributed by atoms with Gasteiger partial charge in [-0.25, -0.2) is 9.97 Å². The van der Waals surface area contributed by atoms with E-state index < -0.39 is 0 Å². The molecule has 4 aromatic rings. The Morgan fingerprint density at radius 2 is 1.96 bits per heavy atom. The topological polar surface area (TPSA) is 59.8 Å². The predicted octanol–water partition coefficient (Wildman–Crippen LogP) is 5.23. The summed E-state index contributed by atoms with van der Waals surface area (Å²) in [6.07, 6.45) is 0. The minimum atomic E-state index is -0.0931. The summed E-state index contributed by atoms with van der Waals surface area (Å²) in [6.45, 7) is 2.56. The molecule has 0 atom stereocenters. The van der Waals surface area contributed by atoms with Gasteiger partial charge in [-0.15, -0.1) is 11.3 Å². The molecule has 2 aromatic carbocycles. The van der Waals surface area contributed by atoms with E-state index in [1.54, 1.807) is 0 Å². The highest BCUT2D eigenvalue weighted by molar-refractivity contribution is 7.99. The van der Waals surface area contributed by atoms with E-state index >= 15 is 0 Å². The minimum Gasteiger partial charge on any atom is -0.314 e. The Kier molecular flexibility index (Phi) is 5.66. The number of halogens is 1. The molecule has 8 heteroatoms. The fourth-order valence-corrected chi connectivity index (χ4v) is 4.43. The van der Waals surface area contributed by atoms with Gasteiger partial charge in [-0.05, 0) is 36.8 Å². The van der Waals surface area contributed by atoms with E-state index in [-0.39, 0.29) is 11.7 Å². The number of benzene rings is 2. The van der Waals surface area contributed by atoms with Crippen LogP contribution in [0.4, 0.5) is 5.13 Å². The van der Waals surface area contributed by atoms with Crippen LogP contribution in [0.25, 0.3) is 11.0 Å². The number of thiazole rings is 1. The van der Waals surface area contributed by atoms with E-state index in [0.717, 1.165) is 27.4 Å². The maximum absolute atomic E-state index is 12.3. The van der Waals surface area contributed by atoms with Crippen molar-refractivity contribution in [2.75, 3.05) is 11.1 Å². The summed E-state index contributed by atoms with van der Waals surface area (Å²) in [7, 11) is 0. The van der Waals surface area contributed by atoms with Gasteiger partial charge >= 0.3 is 0 Å². The number of nitrogens with zero attached hydrogens (tertiary/aromatic N) is 3. The summed E-state index contributed by atoms with van der Waals surface area (Å²) in [5.41, 5.74) is 3.97. The number of carbonyl (C=O) groups excluding carboxylic acids is 1. The summed E-state index contributed by atoms with van der Waals surface area (Å²) in [5.74, 6) is 0.173. The van der Waals surface area contributed by atoms with E-state index in [9.17, 15) is 4.79 Å². The Morgan fingerprint density at radius 1 is 1.18 bits per heavy atom. The first-order valence-corrected chi connectivity index (χ1v) is 10.9. The average molecular weight is 429 g/mol. The van der Waals surface area contributed by atoms with Crippen LogP contribution in [-0.2, 0) is 11.3 Å². The molecule has 0 saturated heterocycles. The standard InChI is InChI=1S/C20H17ClN4OS2/c1-13-11-27-19(22-13)24-18(26)12-28-20-23-16-4-2-3-5-17(16)25(20)10-14-6-8-15(21)9-7-14/h2-9,11H,10,12H2,1H3,(H,22,24,26). The molecule has 1 N–H and O–H groups in total. The van der Waals surface area contributed by atoms with Gasteiger partial charge in [-0.1, -0.05) is 47.6 Å². The molecule has 0 aliphatic rings. The number of aryl methyl sites for hydroxylation is 1. The first-order chi connectivity index (χ1) is 13.6. The summed E-state index contributed by atoms with van der Waals surface area (Å²) in [5, 5.41) is 6.89. The third-order valence-electron chi connectivity index (χ3n) is 4.07. The van der Waals surface area contributed by atoms with Crippen molar-refractivity contribution in [1.29, 1.82) is 0 Å². The number of para-hydroxylation sites is 2. The molecule has 2 aromatic heterocycles. The number of imidazole rings is 1. The second-order valence-electron chi connectivity index (χ2n) is 6.23. The molecule has 1 amide bonds. The van der Waals surface area contributed by atoms with E-state index in [1.807, 2.05) is 60.8 Å². The number of rotatable bonds is 6. The first-order valence-electron chi connectivity index (χ1n) is 8.63. The molecule has 0 saturated carbocycles. The summed E-state index contributed by atoms with van der Waals surface area (Å²) < 4.78 is 2.13. The van der Waals surface area contributed by atoms with Gasteiger partial charge in [-0.2, -0.15) is 0 Å². The second-order valence-corrected chi connectivity index (χ2v) is 8.46.